The molecule has 11 heteroatoms. The van der Waals surface area contributed by atoms with Crippen LogP contribution in [0, 0.1) is 5.82 Å². The minimum absolute atomic E-state index is 0. The van der Waals surface area contributed by atoms with Crippen LogP contribution in [0.15, 0.2) is 22.7 Å². The first kappa shape index (κ1) is 19.6. The van der Waals surface area contributed by atoms with Crippen LogP contribution < -0.4 is 10.0 Å². The summed E-state index contributed by atoms with van der Waals surface area (Å²) in [4.78, 5) is 6.48. The molecule has 0 bridgehead atoms. The van der Waals surface area contributed by atoms with Gasteiger partial charge in [-0.1, -0.05) is 5.16 Å². The first-order chi connectivity index (χ1) is 11.3. The Hall–Kier alpha value is -1.75. The summed E-state index contributed by atoms with van der Waals surface area (Å²) in [5.74, 6) is 0.0577. The van der Waals surface area contributed by atoms with Crippen LogP contribution in [0.4, 0.5) is 10.1 Å². The molecule has 2 aromatic rings. The van der Waals surface area contributed by atoms with Crippen molar-refractivity contribution in [3.05, 3.63) is 29.8 Å². The van der Waals surface area contributed by atoms with Gasteiger partial charge in [0.05, 0.1) is 18.0 Å². The van der Waals surface area contributed by atoms with E-state index in [4.69, 9.17) is 4.52 Å². The maximum absolute atomic E-state index is 13.8. The van der Waals surface area contributed by atoms with Gasteiger partial charge in [-0.05, 0) is 25.2 Å². The van der Waals surface area contributed by atoms with E-state index >= 15 is 0 Å². The molecule has 1 unspecified atom stereocenters. The second kappa shape index (κ2) is 7.65. The quantitative estimate of drug-likeness (QED) is 0.808. The number of benzene rings is 1. The molecule has 0 amide bonds. The van der Waals surface area contributed by atoms with E-state index in [0.29, 0.717) is 17.9 Å². The van der Waals surface area contributed by atoms with Crippen LogP contribution in [0.1, 0.15) is 11.9 Å². The fourth-order valence-electron chi connectivity index (χ4n) is 2.52. The summed E-state index contributed by atoms with van der Waals surface area (Å²) in [6.45, 7) is 2.48. The van der Waals surface area contributed by atoms with E-state index in [1.54, 1.807) is 0 Å². The number of anilines is 1. The lowest BCUT2D eigenvalue weighted by molar-refractivity contribution is 0.190. The summed E-state index contributed by atoms with van der Waals surface area (Å²) in [6, 6.07) is 3.94. The summed E-state index contributed by atoms with van der Waals surface area (Å²) in [5.41, 5.74) is 0.277. The molecular formula is C14H19ClFN5O3S. The fraction of sp³-hybridized carbons (Fsp3) is 0.429. The van der Waals surface area contributed by atoms with Crippen molar-refractivity contribution in [1.82, 2.24) is 20.4 Å². The zero-order chi connectivity index (χ0) is 17.3. The number of halogens is 2. The van der Waals surface area contributed by atoms with E-state index in [-0.39, 0.29) is 30.0 Å². The van der Waals surface area contributed by atoms with E-state index in [1.165, 1.54) is 12.1 Å². The molecule has 1 saturated heterocycles. The van der Waals surface area contributed by atoms with E-state index in [0.717, 1.165) is 25.4 Å². The molecule has 0 aliphatic carbocycles. The highest BCUT2D eigenvalue weighted by atomic mass is 35.5. The maximum atomic E-state index is 13.8. The minimum atomic E-state index is -3.59. The van der Waals surface area contributed by atoms with Crippen molar-refractivity contribution in [1.29, 1.82) is 0 Å². The van der Waals surface area contributed by atoms with Crippen molar-refractivity contribution < 1.29 is 17.3 Å². The number of sulfonamides is 1. The Morgan fingerprint density at radius 1 is 1.44 bits per heavy atom. The van der Waals surface area contributed by atoms with Crippen LogP contribution in [0.3, 0.4) is 0 Å². The van der Waals surface area contributed by atoms with Crippen molar-refractivity contribution in [2.45, 2.75) is 6.04 Å². The van der Waals surface area contributed by atoms with Crippen molar-refractivity contribution in [2.75, 3.05) is 37.7 Å². The van der Waals surface area contributed by atoms with Crippen molar-refractivity contribution in [3.8, 4) is 11.5 Å². The van der Waals surface area contributed by atoms with Gasteiger partial charge in [-0.3, -0.25) is 9.62 Å². The predicted octanol–water partition coefficient (Wildman–Crippen LogP) is 1.25. The molecule has 0 radical (unpaired) electrons. The average Bonchev–Trinajstić information content (AvgIpc) is 2.98. The Morgan fingerprint density at radius 2 is 2.20 bits per heavy atom. The largest absolute Gasteiger partial charge is 0.334 e. The first-order valence-corrected chi connectivity index (χ1v) is 9.25. The molecule has 138 valence electrons. The topological polar surface area (TPSA) is 100 Å². The molecule has 1 fully saturated rings. The highest BCUT2D eigenvalue weighted by Gasteiger charge is 2.25. The molecule has 1 aromatic heterocycles. The van der Waals surface area contributed by atoms with Gasteiger partial charge >= 0.3 is 0 Å². The number of rotatable bonds is 4. The van der Waals surface area contributed by atoms with E-state index in [2.05, 4.69) is 25.1 Å². The van der Waals surface area contributed by atoms with Gasteiger partial charge in [-0.15, -0.1) is 12.4 Å². The predicted molar refractivity (Wildman–Crippen MR) is 93.6 cm³/mol. The number of likely N-dealkylation sites (N-methyl/N-ethyl adjacent to an activating group) is 1. The van der Waals surface area contributed by atoms with Crippen LogP contribution in [0.25, 0.3) is 11.5 Å². The standard InChI is InChI=1S/C14H18FN5O3S.ClH/c1-20-6-5-16-8-12(20)13-17-14(23-18-13)9-3-4-10(15)11(7-9)19-24(2,21)22;/h3-4,7,12,16,19H,5-6,8H2,1-2H3;1H. The third-order valence-corrected chi connectivity index (χ3v) is 4.35. The number of hydrogen-bond acceptors (Lipinski definition) is 7. The summed E-state index contributed by atoms with van der Waals surface area (Å²) in [5, 5.41) is 7.26. The Balaban J connectivity index is 0.00000225. The molecule has 25 heavy (non-hydrogen) atoms. The van der Waals surface area contributed by atoms with Crippen molar-refractivity contribution in [2.24, 2.45) is 0 Å². The smallest absolute Gasteiger partial charge is 0.258 e. The zero-order valence-corrected chi connectivity index (χ0v) is 15.3. The zero-order valence-electron chi connectivity index (χ0n) is 13.7. The van der Waals surface area contributed by atoms with Gasteiger partial charge in [0.1, 0.15) is 5.82 Å². The number of nitrogens with zero attached hydrogens (tertiary/aromatic N) is 3. The highest BCUT2D eigenvalue weighted by molar-refractivity contribution is 7.92. The summed E-state index contributed by atoms with van der Waals surface area (Å²) < 4.78 is 43.8. The number of nitrogens with one attached hydrogen (secondary N) is 2. The molecule has 1 aliphatic heterocycles. The third-order valence-electron chi connectivity index (χ3n) is 3.76. The van der Waals surface area contributed by atoms with Crippen LogP contribution in [0.5, 0.6) is 0 Å². The number of aromatic nitrogens is 2. The molecule has 2 heterocycles. The van der Waals surface area contributed by atoms with E-state index in [1.807, 2.05) is 7.05 Å². The van der Waals surface area contributed by atoms with Crippen molar-refractivity contribution in [3.63, 3.8) is 0 Å². The summed E-state index contributed by atoms with van der Waals surface area (Å²) in [7, 11) is -1.61. The Bertz CT molecular complexity index is 845. The monoisotopic (exact) mass is 391 g/mol. The molecule has 2 N–H and O–H groups in total. The lowest BCUT2D eigenvalue weighted by atomic mass is 10.2. The third kappa shape index (κ3) is 4.66. The van der Waals surface area contributed by atoms with Gasteiger partial charge in [-0.2, -0.15) is 4.98 Å². The Morgan fingerprint density at radius 3 is 2.88 bits per heavy atom. The molecule has 8 nitrogen and oxygen atoms in total. The van der Waals surface area contributed by atoms with E-state index < -0.39 is 15.8 Å². The number of hydrogen-bond donors (Lipinski definition) is 2. The Labute approximate surface area is 151 Å². The summed E-state index contributed by atoms with van der Waals surface area (Å²) >= 11 is 0. The molecule has 0 saturated carbocycles. The molecule has 1 aliphatic rings. The molecule has 1 atom stereocenters. The van der Waals surface area contributed by atoms with Gasteiger partial charge in [-0.25, -0.2) is 12.8 Å². The SMILES string of the molecule is CN1CCNCC1c1noc(-c2ccc(F)c(NS(C)(=O)=O)c2)n1.Cl. The molecule has 0 spiro atoms. The normalized spacial score (nSPS) is 18.6. The maximum Gasteiger partial charge on any atom is 0.258 e. The molecular weight excluding hydrogens is 373 g/mol. The molecule has 3 rings (SSSR count). The van der Waals surface area contributed by atoms with Gasteiger partial charge in [0.2, 0.25) is 10.0 Å². The van der Waals surface area contributed by atoms with E-state index in [9.17, 15) is 12.8 Å². The van der Waals surface area contributed by atoms with Crippen LogP contribution in [-0.2, 0) is 10.0 Å². The van der Waals surface area contributed by atoms with Crippen molar-refractivity contribution >= 4 is 28.1 Å². The van der Waals surface area contributed by atoms with Gasteiger partial charge in [0.25, 0.3) is 5.89 Å². The average molecular weight is 392 g/mol. The summed E-state index contributed by atoms with van der Waals surface area (Å²) in [6.07, 6.45) is 0.954. The van der Waals surface area contributed by atoms with Gasteiger partial charge in [0.15, 0.2) is 5.82 Å². The minimum Gasteiger partial charge on any atom is -0.334 e. The van der Waals surface area contributed by atoms with Crippen LogP contribution in [-0.4, -0.2) is 56.4 Å². The first-order valence-electron chi connectivity index (χ1n) is 7.36. The van der Waals surface area contributed by atoms with Crippen LogP contribution >= 0.6 is 12.4 Å². The Kier molecular flexibility index (Phi) is 5.99. The van der Waals surface area contributed by atoms with Gasteiger partial charge < -0.3 is 9.84 Å². The second-order valence-electron chi connectivity index (χ2n) is 5.73. The number of piperazine rings is 1. The lowest BCUT2D eigenvalue weighted by Gasteiger charge is -2.30. The fourth-order valence-corrected chi connectivity index (χ4v) is 3.07. The lowest BCUT2D eigenvalue weighted by Crippen LogP contribution is -2.44. The second-order valence-corrected chi connectivity index (χ2v) is 7.48. The van der Waals surface area contributed by atoms with Crippen LogP contribution in [0.2, 0.25) is 0 Å². The highest BCUT2D eigenvalue weighted by Crippen LogP contribution is 2.26. The molecule has 1 aromatic carbocycles. The van der Waals surface area contributed by atoms with Gasteiger partial charge in [0, 0.05) is 25.2 Å².